The van der Waals surface area contributed by atoms with Crippen LogP contribution in [0.15, 0.2) is 59.5 Å². The zero-order valence-corrected chi connectivity index (χ0v) is 12.6. The summed E-state index contributed by atoms with van der Waals surface area (Å²) in [7, 11) is 0. The molecule has 0 radical (unpaired) electrons. The van der Waals surface area contributed by atoms with Gasteiger partial charge in [0.25, 0.3) is 5.56 Å². The van der Waals surface area contributed by atoms with E-state index in [2.05, 4.69) is 15.0 Å². The van der Waals surface area contributed by atoms with Gasteiger partial charge in [-0.05, 0) is 29.7 Å². The van der Waals surface area contributed by atoms with E-state index in [1.807, 2.05) is 0 Å². The van der Waals surface area contributed by atoms with Gasteiger partial charge in [0.15, 0.2) is 0 Å². The molecule has 4 rings (SSSR count). The number of rotatable bonds is 1. The van der Waals surface area contributed by atoms with Crippen LogP contribution in [-0.4, -0.2) is 15.0 Å². The number of hydrogen-bond donors (Lipinski definition) is 1. The van der Waals surface area contributed by atoms with E-state index in [0.29, 0.717) is 5.69 Å². The topological polar surface area (TPSA) is 58.6 Å². The summed E-state index contributed by atoms with van der Waals surface area (Å²) in [4.78, 5) is 22.9. The lowest BCUT2D eigenvalue weighted by Crippen LogP contribution is -2.13. The molecule has 25 heavy (non-hydrogen) atoms. The standard InChI is InChI=1S/C18H10F3N3O/c19-18(20,21)12-9-14(13-7-3-4-8-22-13)23-16-15(12)10-5-1-2-6-11(10)17(25)24-16/h1-9H,(H,23,24,25). The van der Waals surface area contributed by atoms with Gasteiger partial charge >= 0.3 is 6.18 Å². The first-order valence-corrected chi connectivity index (χ1v) is 7.39. The van der Waals surface area contributed by atoms with Crippen LogP contribution in [0.4, 0.5) is 13.2 Å². The van der Waals surface area contributed by atoms with Crippen molar-refractivity contribution in [1.82, 2.24) is 15.0 Å². The number of fused-ring (bicyclic) bond motifs is 3. The molecular weight excluding hydrogens is 331 g/mol. The second kappa shape index (κ2) is 5.41. The molecule has 0 saturated heterocycles. The summed E-state index contributed by atoms with van der Waals surface area (Å²) in [6.45, 7) is 0. The maximum Gasteiger partial charge on any atom is 0.417 e. The van der Waals surface area contributed by atoms with Crippen LogP contribution >= 0.6 is 0 Å². The lowest BCUT2D eigenvalue weighted by molar-refractivity contribution is -0.136. The smallest absolute Gasteiger partial charge is 0.306 e. The molecule has 3 aromatic heterocycles. The van der Waals surface area contributed by atoms with Gasteiger partial charge in [-0.3, -0.25) is 9.78 Å². The Bertz CT molecular complexity index is 1150. The van der Waals surface area contributed by atoms with Crippen LogP contribution in [0.3, 0.4) is 0 Å². The average molecular weight is 341 g/mol. The summed E-state index contributed by atoms with van der Waals surface area (Å²) in [6.07, 6.45) is -3.14. The molecule has 0 aliphatic rings. The number of H-pyrrole nitrogens is 1. The fourth-order valence-electron chi connectivity index (χ4n) is 2.85. The molecule has 124 valence electrons. The lowest BCUT2D eigenvalue weighted by Gasteiger charge is -2.14. The molecule has 0 aliphatic heterocycles. The van der Waals surface area contributed by atoms with Crippen LogP contribution in [0.25, 0.3) is 33.2 Å². The molecule has 4 aromatic rings. The molecule has 1 N–H and O–H groups in total. The van der Waals surface area contributed by atoms with Crippen molar-refractivity contribution < 1.29 is 13.2 Å². The highest BCUT2D eigenvalue weighted by Crippen LogP contribution is 2.38. The molecule has 4 nitrogen and oxygen atoms in total. The van der Waals surface area contributed by atoms with Crippen molar-refractivity contribution in [3.8, 4) is 11.4 Å². The van der Waals surface area contributed by atoms with E-state index in [9.17, 15) is 18.0 Å². The number of nitrogens with zero attached hydrogens (tertiary/aromatic N) is 2. The summed E-state index contributed by atoms with van der Waals surface area (Å²) in [6, 6.07) is 12.0. The molecule has 0 amide bonds. The van der Waals surface area contributed by atoms with Crippen LogP contribution in [0.5, 0.6) is 0 Å². The molecule has 0 unspecified atom stereocenters. The van der Waals surface area contributed by atoms with Gasteiger partial charge in [0.05, 0.1) is 17.0 Å². The van der Waals surface area contributed by atoms with Crippen molar-refractivity contribution in [3.05, 3.63) is 70.6 Å². The van der Waals surface area contributed by atoms with Gasteiger partial charge in [-0.15, -0.1) is 0 Å². The first-order chi connectivity index (χ1) is 11.9. The number of nitrogens with one attached hydrogen (secondary N) is 1. The number of alkyl halides is 3. The minimum atomic E-state index is -4.61. The monoisotopic (exact) mass is 341 g/mol. The number of halogens is 3. The predicted molar refractivity (Wildman–Crippen MR) is 88.1 cm³/mol. The molecule has 0 bridgehead atoms. The largest absolute Gasteiger partial charge is 0.417 e. The minimum Gasteiger partial charge on any atom is -0.306 e. The van der Waals surface area contributed by atoms with Crippen LogP contribution < -0.4 is 5.56 Å². The Morgan fingerprint density at radius 1 is 0.920 bits per heavy atom. The normalized spacial score (nSPS) is 12.0. The Morgan fingerprint density at radius 3 is 2.32 bits per heavy atom. The van der Waals surface area contributed by atoms with E-state index in [1.54, 1.807) is 30.3 Å². The molecule has 0 fully saturated rings. The summed E-state index contributed by atoms with van der Waals surface area (Å²) in [5, 5.41) is 0.281. The third-order valence-corrected chi connectivity index (χ3v) is 3.93. The SMILES string of the molecule is O=c1[nH]c2nc(-c3ccccn3)cc(C(F)(F)F)c2c2ccccc12. The summed E-state index contributed by atoms with van der Waals surface area (Å²) < 4.78 is 41.1. The van der Waals surface area contributed by atoms with Crippen molar-refractivity contribution in [3.63, 3.8) is 0 Å². The number of hydrogen-bond acceptors (Lipinski definition) is 3. The second-order valence-corrected chi connectivity index (χ2v) is 5.49. The first-order valence-electron chi connectivity index (χ1n) is 7.39. The minimum absolute atomic E-state index is 0.0476. The Labute approximate surface area is 139 Å². The fourth-order valence-corrected chi connectivity index (χ4v) is 2.85. The Kier molecular flexibility index (Phi) is 3.31. The van der Waals surface area contributed by atoms with E-state index in [0.717, 1.165) is 6.07 Å². The Morgan fingerprint density at radius 2 is 1.64 bits per heavy atom. The highest BCUT2D eigenvalue weighted by atomic mass is 19.4. The third kappa shape index (κ3) is 2.53. The second-order valence-electron chi connectivity index (χ2n) is 5.49. The van der Waals surface area contributed by atoms with Crippen molar-refractivity contribution >= 4 is 21.8 Å². The Hall–Kier alpha value is -3.22. The quantitative estimate of drug-likeness (QED) is 0.529. The van der Waals surface area contributed by atoms with Crippen molar-refractivity contribution in [2.75, 3.05) is 0 Å². The molecule has 7 heteroatoms. The number of aromatic amines is 1. The molecule has 3 heterocycles. The maximum absolute atomic E-state index is 13.7. The average Bonchev–Trinajstić information content (AvgIpc) is 2.61. The van der Waals surface area contributed by atoms with E-state index in [4.69, 9.17) is 0 Å². The van der Waals surface area contributed by atoms with Crippen molar-refractivity contribution in [1.29, 1.82) is 0 Å². The molecule has 1 aromatic carbocycles. The van der Waals surface area contributed by atoms with Gasteiger partial charge < -0.3 is 4.98 Å². The molecule has 0 aliphatic carbocycles. The van der Waals surface area contributed by atoms with Gasteiger partial charge in [-0.25, -0.2) is 4.98 Å². The van der Waals surface area contributed by atoms with E-state index < -0.39 is 17.3 Å². The third-order valence-electron chi connectivity index (χ3n) is 3.93. The van der Waals surface area contributed by atoms with E-state index in [1.165, 1.54) is 18.3 Å². The molecule has 0 atom stereocenters. The number of benzene rings is 1. The highest BCUT2D eigenvalue weighted by molar-refractivity contribution is 6.06. The summed E-state index contributed by atoms with van der Waals surface area (Å²) in [5.74, 6) is 0. The van der Waals surface area contributed by atoms with Crippen LogP contribution in [0, 0.1) is 0 Å². The summed E-state index contributed by atoms with van der Waals surface area (Å²) >= 11 is 0. The predicted octanol–water partition coefficient (Wildman–Crippen LogP) is 4.16. The fraction of sp³-hybridized carbons (Fsp3) is 0.0556. The van der Waals surface area contributed by atoms with E-state index >= 15 is 0 Å². The molecular formula is C18H10F3N3O. The zero-order chi connectivity index (χ0) is 17.6. The van der Waals surface area contributed by atoms with Crippen LogP contribution in [0.2, 0.25) is 0 Å². The number of pyridine rings is 3. The molecule has 0 saturated carbocycles. The number of aromatic nitrogens is 3. The van der Waals surface area contributed by atoms with E-state index in [-0.39, 0.29) is 27.5 Å². The molecule has 0 spiro atoms. The first kappa shape index (κ1) is 15.3. The zero-order valence-electron chi connectivity index (χ0n) is 12.6. The van der Waals surface area contributed by atoms with Crippen LogP contribution in [-0.2, 0) is 6.18 Å². The van der Waals surface area contributed by atoms with Crippen LogP contribution in [0.1, 0.15) is 5.56 Å². The highest BCUT2D eigenvalue weighted by Gasteiger charge is 2.34. The lowest BCUT2D eigenvalue weighted by atomic mass is 10.0. The van der Waals surface area contributed by atoms with Gasteiger partial charge in [0, 0.05) is 17.0 Å². The van der Waals surface area contributed by atoms with Gasteiger partial charge in [-0.2, -0.15) is 13.2 Å². The Balaban J connectivity index is 2.19. The van der Waals surface area contributed by atoms with Gasteiger partial charge in [0.1, 0.15) is 5.65 Å². The maximum atomic E-state index is 13.7. The van der Waals surface area contributed by atoms with Gasteiger partial charge in [0.2, 0.25) is 0 Å². The van der Waals surface area contributed by atoms with Crippen molar-refractivity contribution in [2.24, 2.45) is 0 Å². The summed E-state index contributed by atoms with van der Waals surface area (Å²) in [5.41, 5.74) is -1.11. The van der Waals surface area contributed by atoms with Crippen molar-refractivity contribution in [2.45, 2.75) is 6.18 Å². The van der Waals surface area contributed by atoms with Gasteiger partial charge in [-0.1, -0.05) is 24.3 Å².